The van der Waals surface area contributed by atoms with Crippen LogP contribution in [-0.2, 0) is 12.6 Å². The Morgan fingerprint density at radius 2 is 2.08 bits per heavy atom. The number of amides is 1. The van der Waals surface area contributed by atoms with Crippen molar-refractivity contribution in [1.82, 2.24) is 15.2 Å². The minimum absolute atomic E-state index is 0.161. The molecule has 26 heavy (non-hydrogen) atoms. The third-order valence-corrected chi connectivity index (χ3v) is 4.81. The molecule has 0 saturated carbocycles. The maximum Gasteiger partial charge on any atom is 0.416 e. The number of halogens is 3. The molecule has 1 aliphatic rings. The van der Waals surface area contributed by atoms with Crippen LogP contribution in [0.3, 0.4) is 0 Å². The SMILES string of the molecule is Cc1nonc1C(=O)N1CCCC(CCc2ccccc2C(F)(F)F)C1. The molecule has 1 atom stereocenters. The Kier molecular flexibility index (Phi) is 5.29. The molecule has 1 aromatic carbocycles. The van der Waals surface area contributed by atoms with Gasteiger partial charge in [-0.05, 0) is 55.3 Å². The zero-order valence-corrected chi connectivity index (χ0v) is 14.4. The molecule has 1 unspecified atom stereocenters. The van der Waals surface area contributed by atoms with Crippen molar-refractivity contribution >= 4 is 5.91 Å². The fourth-order valence-corrected chi connectivity index (χ4v) is 3.43. The quantitative estimate of drug-likeness (QED) is 0.823. The minimum Gasteiger partial charge on any atom is -0.337 e. The molecule has 1 saturated heterocycles. The van der Waals surface area contributed by atoms with Crippen molar-refractivity contribution in [3.8, 4) is 0 Å². The van der Waals surface area contributed by atoms with Gasteiger partial charge in [0.05, 0.1) is 5.56 Å². The van der Waals surface area contributed by atoms with Gasteiger partial charge >= 0.3 is 6.18 Å². The van der Waals surface area contributed by atoms with Gasteiger partial charge in [-0.2, -0.15) is 13.2 Å². The molecular formula is C18H20F3N3O2. The average Bonchev–Trinajstić information content (AvgIpc) is 3.05. The van der Waals surface area contributed by atoms with Gasteiger partial charge in [-0.15, -0.1) is 0 Å². The van der Waals surface area contributed by atoms with Crippen LogP contribution in [0.4, 0.5) is 13.2 Å². The van der Waals surface area contributed by atoms with E-state index in [-0.39, 0.29) is 17.5 Å². The van der Waals surface area contributed by atoms with Gasteiger partial charge in [-0.25, -0.2) is 4.63 Å². The van der Waals surface area contributed by atoms with Crippen LogP contribution in [0.2, 0.25) is 0 Å². The van der Waals surface area contributed by atoms with E-state index < -0.39 is 11.7 Å². The van der Waals surface area contributed by atoms with Crippen LogP contribution in [-0.4, -0.2) is 34.2 Å². The minimum atomic E-state index is -4.34. The number of piperidine rings is 1. The van der Waals surface area contributed by atoms with Crippen molar-refractivity contribution in [2.45, 2.75) is 38.8 Å². The molecule has 140 valence electrons. The lowest BCUT2D eigenvalue weighted by Crippen LogP contribution is -2.40. The lowest BCUT2D eigenvalue weighted by Gasteiger charge is -2.32. The van der Waals surface area contributed by atoms with Crippen molar-refractivity contribution < 1.29 is 22.6 Å². The van der Waals surface area contributed by atoms with Gasteiger partial charge < -0.3 is 4.90 Å². The van der Waals surface area contributed by atoms with Crippen molar-refractivity contribution in [1.29, 1.82) is 0 Å². The summed E-state index contributed by atoms with van der Waals surface area (Å²) in [6.45, 7) is 2.78. The van der Waals surface area contributed by atoms with Crippen LogP contribution in [0.1, 0.15) is 46.6 Å². The molecule has 3 rings (SSSR count). The van der Waals surface area contributed by atoms with E-state index in [2.05, 4.69) is 14.9 Å². The van der Waals surface area contributed by atoms with E-state index >= 15 is 0 Å². The molecular weight excluding hydrogens is 347 g/mol. The number of benzene rings is 1. The number of likely N-dealkylation sites (tertiary alicyclic amines) is 1. The summed E-state index contributed by atoms with van der Waals surface area (Å²) in [6.07, 6.45) is -1.68. The number of nitrogens with zero attached hydrogens (tertiary/aromatic N) is 3. The molecule has 8 heteroatoms. The summed E-state index contributed by atoms with van der Waals surface area (Å²) < 4.78 is 43.9. The number of aromatic nitrogens is 2. The van der Waals surface area contributed by atoms with Crippen LogP contribution in [0.5, 0.6) is 0 Å². The smallest absolute Gasteiger partial charge is 0.337 e. The fourth-order valence-electron chi connectivity index (χ4n) is 3.43. The molecule has 0 radical (unpaired) electrons. The third kappa shape index (κ3) is 4.05. The number of hydrogen-bond donors (Lipinski definition) is 0. The zero-order valence-electron chi connectivity index (χ0n) is 14.4. The fraction of sp³-hybridized carbons (Fsp3) is 0.500. The predicted molar refractivity (Wildman–Crippen MR) is 87.4 cm³/mol. The van der Waals surface area contributed by atoms with E-state index in [9.17, 15) is 18.0 Å². The Labute approximate surface area is 149 Å². The third-order valence-electron chi connectivity index (χ3n) is 4.81. The van der Waals surface area contributed by atoms with E-state index in [4.69, 9.17) is 0 Å². The second kappa shape index (κ2) is 7.47. The van der Waals surface area contributed by atoms with Crippen LogP contribution in [0.15, 0.2) is 28.9 Å². The summed E-state index contributed by atoms with van der Waals surface area (Å²) in [6, 6.07) is 5.68. The molecule has 1 amide bonds. The summed E-state index contributed by atoms with van der Waals surface area (Å²) in [7, 11) is 0. The van der Waals surface area contributed by atoms with Gasteiger partial charge in [0, 0.05) is 13.1 Å². The predicted octanol–water partition coefficient (Wildman–Crippen LogP) is 3.88. The van der Waals surface area contributed by atoms with Gasteiger partial charge in [0.1, 0.15) is 5.69 Å². The molecule has 2 heterocycles. The molecule has 2 aromatic rings. The number of rotatable bonds is 4. The first-order valence-corrected chi connectivity index (χ1v) is 8.60. The molecule has 1 fully saturated rings. The van der Waals surface area contributed by atoms with Crippen LogP contribution in [0, 0.1) is 12.8 Å². The number of carbonyl (C=O) groups excluding carboxylic acids is 1. The molecule has 0 bridgehead atoms. The van der Waals surface area contributed by atoms with Crippen LogP contribution in [0.25, 0.3) is 0 Å². The van der Waals surface area contributed by atoms with Gasteiger partial charge in [-0.3, -0.25) is 4.79 Å². The Balaban J connectivity index is 1.63. The van der Waals surface area contributed by atoms with E-state index in [1.807, 2.05) is 0 Å². The van der Waals surface area contributed by atoms with Gasteiger partial charge in [-0.1, -0.05) is 23.4 Å². The Hall–Kier alpha value is -2.38. The molecule has 1 aliphatic heterocycles. The van der Waals surface area contributed by atoms with Crippen LogP contribution < -0.4 is 0 Å². The maximum absolute atomic E-state index is 13.1. The van der Waals surface area contributed by atoms with Crippen molar-refractivity contribution in [2.75, 3.05) is 13.1 Å². The summed E-state index contributed by atoms with van der Waals surface area (Å²) in [4.78, 5) is 14.2. The topological polar surface area (TPSA) is 59.2 Å². The monoisotopic (exact) mass is 367 g/mol. The second-order valence-corrected chi connectivity index (χ2v) is 6.65. The lowest BCUT2D eigenvalue weighted by atomic mass is 9.90. The number of hydrogen-bond acceptors (Lipinski definition) is 4. The largest absolute Gasteiger partial charge is 0.416 e. The van der Waals surface area contributed by atoms with Gasteiger partial charge in [0.2, 0.25) is 0 Å². The highest BCUT2D eigenvalue weighted by atomic mass is 19.4. The molecule has 5 nitrogen and oxygen atoms in total. The molecule has 0 spiro atoms. The van der Waals surface area contributed by atoms with Gasteiger partial charge in [0.15, 0.2) is 5.69 Å². The zero-order chi connectivity index (χ0) is 18.7. The highest BCUT2D eigenvalue weighted by molar-refractivity contribution is 5.93. The molecule has 0 N–H and O–H groups in total. The lowest BCUT2D eigenvalue weighted by molar-refractivity contribution is -0.138. The number of carbonyl (C=O) groups is 1. The maximum atomic E-state index is 13.1. The van der Waals surface area contributed by atoms with Crippen LogP contribution >= 0.6 is 0 Å². The summed E-state index contributed by atoms with van der Waals surface area (Å²) in [5.41, 5.74) is 0.373. The van der Waals surface area contributed by atoms with E-state index in [0.717, 1.165) is 18.9 Å². The van der Waals surface area contributed by atoms with E-state index in [1.54, 1.807) is 17.9 Å². The average molecular weight is 367 g/mol. The summed E-state index contributed by atoms with van der Waals surface area (Å²) in [5.74, 6) is -0.0710. The molecule has 1 aromatic heterocycles. The van der Waals surface area contributed by atoms with Gasteiger partial charge in [0.25, 0.3) is 5.91 Å². The first-order chi connectivity index (χ1) is 12.4. The first-order valence-electron chi connectivity index (χ1n) is 8.60. The summed E-state index contributed by atoms with van der Waals surface area (Å²) in [5, 5.41) is 7.27. The normalized spacial score (nSPS) is 18.2. The van der Waals surface area contributed by atoms with Crippen molar-refractivity contribution in [3.05, 3.63) is 46.8 Å². The van der Waals surface area contributed by atoms with Crippen molar-refractivity contribution in [2.24, 2.45) is 5.92 Å². The Morgan fingerprint density at radius 3 is 2.77 bits per heavy atom. The Morgan fingerprint density at radius 1 is 1.31 bits per heavy atom. The summed E-state index contributed by atoms with van der Waals surface area (Å²) >= 11 is 0. The standard InChI is InChI=1S/C18H20F3N3O2/c1-12-16(23-26-22-12)17(25)24-10-4-5-13(11-24)8-9-14-6-2-3-7-15(14)18(19,20)21/h2-3,6-7,13H,4-5,8-11H2,1H3. The highest BCUT2D eigenvalue weighted by Crippen LogP contribution is 2.33. The Bertz CT molecular complexity index is 773. The van der Waals surface area contributed by atoms with E-state index in [0.29, 0.717) is 37.2 Å². The number of alkyl halides is 3. The number of aryl methyl sites for hydroxylation is 2. The highest BCUT2D eigenvalue weighted by Gasteiger charge is 2.33. The second-order valence-electron chi connectivity index (χ2n) is 6.65. The van der Waals surface area contributed by atoms with E-state index in [1.165, 1.54) is 12.1 Å². The first kappa shape index (κ1) is 18.4. The molecule has 0 aliphatic carbocycles. The van der Waals surface area contributed by atoms with Crippen molar-refractivity contribution in [3.63, 3.8) is 0 Å².